The van der Waals surface area contributed by atoms with Gasteiger partial charge in [-0.2, -0.15) is 11.8 Å². The predicted molar refractivity (Wildman–Crippen MR) is 110 cm³/mol. The number of guanidine groups is 1. The summed E-state index contributed by atoms with van der Waals surface area (Å²) in [5.41, 5.74) is 2.32. The number of nitrogens with zero attached hydrogens (tertiary/aromatic N) is 3. The molecule has 0 bridgehead atoms. The molecule has 2 fully saturated rings. The minimum absolute atomic E-state index is 0.0934. The summed E-state index contributed by atoms with van der Waals surface area (Å²) in [5, 5.41) is 7.05. The Morgan fingerprint density at radius 3 is 2.85 bits per heavy atom. The highest BCUT2D eigenvalue weighted by Crippen LogP contribution is 2.21. The van der Waals surface area contributed by atoms with Crippen LogP contribution in [0.4, 0.5) is 5.69 Å². The van der Waals surface area contributed by atoms with Gasteiger partial charge < -0.3 is 20.4 Å². The van der Waals surface area contributed by atoms with Crippen LogP contribution in [-0.2, 0) is 11.3 Å². The molecule has 1 amide bonds. The molecule has 0 aromatic heterocycles. The predicted octanol–water partition coefficient (Wildman–Crippen LogP) is 1.53. The second kappa shape index (κ2) is 9.16. The van der Waals surface area contributed by atoms with Crippen molar-refractivity contribution in [2.45, 2.75) is 25.1 Å². The lowest BCUT2D eigenvalue weighted by molar-refractivity contribution is -0.120. The van der Waals surface area contributed by atoms with Crippen molar-refractivity contribution in [2.24, 2.45) is 4.99 Å². The Morgan fingerprint density at radius 1 is 1.35 bits per heavy atom. The molecule has 2 N–H and O–H groups in total. The van der Waals surface area contributed by atoms with Crippen molar-refractivity contribution in [1.29, 1.82) is 0 Å². The number of carbonyl (C=O) groups is 1. The summed E-state index contributed by atoms with van der Waals surface area (Å²) in [7, 11) is 1.86. The monoisotopic (exact) mass is 375 g/mol. The Kier molecular flexibility index (Phi) is 6.66. The highest BCUT2D eigenvalue weighted by Gasteiger charge is 2.21. The molecule has 26 heavy (non-hydrogen) atoms. The van der Waals surface area contributed by atoms with Crippen LogP contribution in [0.25, 0.3) is 0 Å². The van der Waals surface area contributed by atoms with Gasteiger partial charge in [-0.25, -0.2) is 0 Å². The van der Waals surface area contributed by atoms with Crippen molar-refractivity contribution in [3.05, 3.63) is 29.8 Å². The van der Waals surface area contributed by atoms with Crippen molar-refractivity contribution in [2.75, 3.05) is 50.4 Å². The van der Waals surface area contributed by atoms with E-state index >= 15 is 0 Å². The van der Waals surface area contributed by atoms with Crippen LogP contribution in [0.2, 0.25) is 0 Å². The van der Waals surface area contributed by atoms with Crippen LogP contribution < -0.4 is 15.5 Å². The van der Waals surface area contributed by atoms with Gasteiger partial charge in [0.25, 0.3) is 0 Å². The third kappa shape index (κ3) is 4.84. The molecular formula is C19H29N5OS. The molecule has 2 aliphatic heterocycles. The molecule has 3 rings (SSSR count). The van der Waals surface area contributed by atoms with Crippen LogP contribution in [0, 0.1) is 0 Å². The normalized spacial score (nSPS) is 21.5. The maximum atomic E-state index is 11.5. The van der Waals surface area contributed by atoms with Crippen molar-refractivity contribution >= 4 is 29.3 Å². The SMILES string of the molecule is CCC1CN(C(=NC)NCc2ccc(N3CCNC(=O)C3)cc2)CCS1. The number of hydrogen-bond acceptors (Lipinski definition) is 4. The van der Waals surface area contributed by atoms with Gasteiger partial charge >= 0.3 is 0 Å². The fourth-order valence-electron chi connectivity index (χ4n) is 3.36. The zero-order valence-electron chi connectivity index (χ0n) is 15.7. The lowest BCUT2D eigenvalue weighted by atomic mass is 10.2. The highest BCUT2D eigenvalue weighted by atomic mass is 32.2. The van der Waals surface area contributed by atoms with Crippen LogP contribution in [-0.4, -0.2) is 67.5 Å². The largest absolute Gasteiger partial charge is 0.360 e. The van der Waals surface area contributed by atoms with Crippen molar-refractivity contribution in [3.63, 3.8) is 0 Å². The minimum atomic E-state index is 0.0934. The molecule has 2 aliphatic rings. The van der Waals surface area contributed by atoms with Crippen molar-refractivity contribution < 1.29 is 4.79 Å². The molecule has 7 heteroatoms. The second-order valence-electron chi connectivity index (χ2n) is 6.69. The second-order valence-corrected chi connectivity index (χ2v) is 8.09. The number of aliphatic imine (C=N–C) groups is 1. The quantitative estimate of drug-likeness (QED) is 0.617. The zero-order chi connectivity index (χ0) is 18.4. The van der Waals surface area contributed by atoms with E-state index in [9.17, 15) is 4.79 Å². The number of piperazine rings is 1. The van der Waals surface area contributed by atoms with E-state index in [-0.39, 0.29) is 5.91 Å². The Hall–Kier alpha value is -1.89. The fourth-order valence-corrected chi connectivity index (χ4v) is 4.54. The van der Waals surface area contributed by atoms with E-state index in [1.807, 2.05) is 7.05 Å². The van der Waals surface area contributed by atoms with Gasteiger partial charge in [-0.1, -0.05) is 19.1 Å². The maximum Gasteiger partial charge on any atom is 0.239 e. The number of nitrogens with one attached hydrogen (secondary N) is 2. The minimum Gasteiger partial charge on any atom is -0.360 e. The van der Waals surface area contributed by atoms with Gasteiger partial charge in [-0.05, 0) is 24.1 Å². The molecule has 1 aromatic rings. The Morgan fingerprint density at radius 2 is 2.15 bits per heavy atom. The van der Waals surface area contributed by atoms with Crippen LogP contribution in [0.5, 0.6) is 0 Å². The maximum absolute atomic E-state index is 11.5. The molecular weight excluding hydrogens is 346 g/mol. The van der Waals surface area contributed by atoms with E-state index < -0.39 is 0 Å². The van der Waals surface area contributed by atoms with Gasteiger partial charge in [0, 0.05) is 56.5 Å². The lowest BCUT2D eigenvalue weighted by Crippen LogP contribution is -2.48. The van der Waals surface area contributed by atoms with Crippen LogP contribution in [0.1, 0.15) is 18.9 Å². The summed E-state index contributed by atoms with van der Waals surface area (Å²) < 4.78 is 0. The molecule has 1 unspecified atom stereocenters. The first-order chi connectivity index (χ1) is 12.7. The molecule has 142 valence electrons. The molecule has 6 nitrogen and oxygen atoms in total. The highest BCUT2D eigenvalue weighted by molar-refractivity contribution is 8.00. The van der Waals surface area contributed by atoms with E-state index in [1.54, 1.807) is 0 Å². The number of amides is 1. The van der Waals surface area contributed by atoms with Gasteiger partial charge in [0.15, 0.2) is 5.96 Å². The van der Waals surface area contributed by atoms with Crippen molar-refractivity contribution in [3.8, 4) is 0 Å². The molecule has 0 spiro atoms. The molecule has 2 heterocycles. The summed E-state index contributed by atoms with van der Waals surface area (Å²) in [4.78, 5) is 20.5. The number of anilines is 1. The molecule has 0 aliphatic carbocycles. The van der Waals surface area contributed by atoms with E-state index in [1.165, 1.54) is 12.0 Å². The average Bonchev–Trinajstić information content (AvgIpc) is 2.69. The number of hydrogen-bond donors (Lipinski definition) is 2. The topological polar surface area (TPSA) is 60.0 Å². The van der Waals surface area contributed by atoms with Gasteiger partial charge in [-0.15, -0.1) is 0 Å². The Balaban J connectivity index is 1.54. The first-order valence-corrected chi connectivity index (χ1v) is 10.4. The standard InChI is InChI=1S/C19H29N5OS/c1-3-17-13-24(10-11-26-17)19(20-2)22-12-15-4-6-16(7-5-15)23-9-8-21-18(25)14-23/h4-7,17H,3,8-14H2,1-2H3,(H,20,22)(H,21,25). The lowest BCUT2D eigenvalue weighted by Gasteiger charge is -2.34. The fraction of sp³-hybridized carbons (Fsp3) is 0.579. The van der Waals surface area contributed by atoms with Crippen molar-refractivity contribution in [1.82, 2.24) is 15.5 Å². The number of carbonyl (C=O) groups excluding carboxylic acids is 1. The van der Waals surface area contributed by atoms with E-state index in [0.717, 1.165) is 43.6 Å². The summed E-state index contributed by atoms with van der Waals surface area (Å²) in [6.45, 7) is 7.15. The van der Waals surface area contributed by atoms with E-state index in [2.05, 4.69) is 68.4 Å². The third-order valence-corrected chi connectivity index (χ3v) is 6.27. The van der Waals surface area contributed by atoms with Crippen LogP contribution in [0.3, 0.4) is 0 Å². The Labute approximate surface area is 160 Å². The summed E-state index contributed by atoms with van der Waals surface area (Å²) in [5.74, 6) is 2.24. The number of benzene rings is 1. The van der Waals surface area contributed by atoms with Gasteiger partial charge in [0.2, 0.25) is 5.91 Å². The van der Waals surface area contributed by atoms with Gasteiger partial charge in [0.05, 0.1) is 6.54 Å². The van der Waals surface area contributed by atoms with Crippen LogP contribution >= 0.6 is 11.8 Å². The zero-order valence-corrected chi connectivity index (χ0v) is 16.5. The van der Waals surface area contributed by atoms with Crippen LogP contribution in [0.15, 0.2) is 29.3 Å². The third-order valence-electron chi connectivity index (χ3n) is 4.90. The molecule has 2 saturated heterocycles. The average molecular weight is 376 g/mol. The summed E-state index contributed by atoms with van der Waals surface area (Å²) in [6, 6.07) is 8.46. The van der Waals surface area contributed by atoms with Gasteiger partial charge in [-0.3, -0.25) is 9.79 Å². The summed E-state index contributed by atoms with van der Waals surface area (Å²) >= 11 is 2.07. The Bertz CT molecular complexity index is 633. The van der Waals surface area contributed by atoms with E-state index in [4.69, 9.17) is 0 Å². The number of thioether (sulfide) groups is 1. The van der Waals surface area contributed by atoms with E-state index in [0.29, 0.717) is 18.3 Å². The first-order valence-electron chi connectivity index (χ1n) is 9.37. The molecule has 0 radical (unpaired) electrons. The number of rotatable bonds is 4. The molecule has 1 aromatic carbocycles. The molecule has 1 atom stereocenters. The molecule has 0 saturated carbocycles. The smallest absolute Gasteiger partial charge is 0.239 e. The first kappa shape index (κ1) is 18.9. The summed E-state index contributed by atoms with van der Waals surface area (Å²) in [6.07, 6.45) is 1.20. The van der Waals surface area contributed by atoms with Gasteiger partial charge in [0.1, 0.15) is 0 Å².